The van der Waals surface area contributed by atoms with Crippen LogP contribution in [0.15, 0.2) is 156 Å². The van der Waals surface area contributed by atoms with E-state index in [0.29, 0.717) is 17.5 Å². The highest BCUT2D eigenvalue weighted by molar-refractivity contribution is 6.22. The lowest BCUT2D eigenvalue weighted by Crippen LogP contribution is -2.00. The maximum atomic E-state index is 6.66. The van der Waals surface area contributed by atoms with Crippen LogP contribution >= 0.6 is 0 Å². The molecule has 0 aliphatic heterocycles. The van der Waals surface area contributed by atoms with Crippen molar-refractivity contribution in [1.82, 2.24) is 15.0 Å². The number of fused-ring (bicyclic) bond motifs is 6. The largest absolute Gasteiger partial charge is 0.455 e. The van der Waals surface area contributed by atoms with Gasteiger partial charge in [0, 0.05) is 32.8 Å². The van der Waals surface area contributed by atoms with Gasteiger partial charge in [0.15, 0.2) is 17.5 Å². The van der Waals surface area contributed by atoms with Crippen molar-refractivity contribution in [3.63, 3.8) is 0 Å². The predicted molar refractivity (Wildman–Crippen MR) is 184 cm³/mol. The van der Waals surface area contributed by atoms with Gasteiger partial charge in [0.05, 0.1) is 0 Å². The Bertz CT molecular complexity index is 2470. The van der Waals surface area contributed by atoms with Crippen molar-refractivity contribution in [1.29, 1.82) is 0 Å². The van der Waals surface area contributed by atoms with Crippen LogP contribution in [0.3, 0.4) is 0 Å². The molecule has 0 saturated carbocycles. The van der Waals surface area contributed by atoms with E-state index in [0.717, 1.165) is 55.0 Å². The van der Waals surface area contributed by atoms with Crippen molar-refractivity contribution < 1.29 is 4.42 Å². The van der Waals surface area contributed by atoms with Gasteiger partial charge in [-0.2, -0.15) is 0 Å². The first-order valence-electron chi connectivity index (χ1n) is 15.0. The van der Waals surface area contributed by atoms with Crippen molar-refractivity contribution in [3.8, 4) is 45.3 Å². The van der Waals surface area contributed by atoms with Crippen LogP contribution in [0, 0.1) is 0 Å². The van der Waals surface area contributed by atoms with Crippen LogP contribution in [0.25, 0.3) is 88.8 Å². The molecule has 0 radical (unpaired) electrons. The summed E-state index contributed by atoms with van der Waals surface area (Å²) in [7, 11) is 0. The molecule has 0 amide bonds. The van der Waals surface area contributed by atoms with Crippen LogP contribution in [0.1, 0.15) is 0 Å². The van der Waals surface area contributed by atoms with Crippen LogP contribution in [-0.2, 0) is 0 Å². The smallest absolute Gasteiger partial charge is 0.164 e. The first kappa shape index (κ1) is 25.4. The first-order valence-corrected chi connectivity index (χ1v) is 15.0. The van der Waals surface area contributed by atoms with E-state index in [4.69, 9.17) is 19.4 Å². The molecule has 4 nitrogen and oxygen atoms in total. The summed E-state index contributed by atoms with van der Waals surface area (Å²) in [5, 5.41) is 6.58. The summed E-state index contributed by atoms with van der Waals surface area (Å²) in [5.74, 6) is 1.90. The van der Waals surface area contributed by atoms with Crippen molar-refractivity contribution >= 4 is 43.5 Å². The molecule has 2 aromatic heterocycles. The highest BCUT2D eigenvalue weighted by Crippen LogP contribution is 2.44. The zero-order valence-electron chi connectivity index (χ0n) is 24.2. The second-order valence-corrected chi connectivity index (χ2v) is 11.2. The van der Waals surface area contributed by atoms with Gasteiger partial charge in [0.25, 0.3) is 0 Å². The molecule has 45 heavy (non-hydrogen) atoms. The molecule has 0 aliphatic carbocycles. The molecule has 0 atom stereocenters. The molecule has 2 heterocycles. The van der Waals surface area contributed by atoms with Crippen molar-refractivity contribution in [2.24, 2.45) is 0 Å². The van der Waals surface area contributed by atoms with E-state index < -0.39 is 0 Å². The van der Waals surface area contributed by atoms with Gasteiger partial charge in [-0.1, -0.05) is 140 Å². The lowest BCUT2D eigenvalue weighted by atomic mass is 9.93. The monoisotopic (exact) mass is 575 g/mol. The maximum absolute atomic E-state index is 6.66. The van der Waals surface area contributed by atoms with Gasteiger partial charge in [0.2, 0.25) is 0 Å². The average Bonchev–Trinajstić information content (AvgIpc) is 3.51. The summed E-state index contributed by atoms with van der Waals surface area (Å²) in [4.78, 5) is 15.1. The van der Waals surface area contributed by atoms with Crippen molar-refractivity contribution in [3.05, 3.63) is 152 Å². The summed E-state index contributed by atoms with van der Waals surface area (Å²) in [6.45, 7) is 0. The minimum atomic E-state index is 0.623. The summed E-state index contributed by atoms with van der Waals surface area (Å²) in [5.41, 5.74) is 6.83. The number of hydrogen-bond donors (Lipinski definition) is 0. The first-order chi connectivity index (χ1) is 22.3. The van der Waals surface area contributed by atoms with Gasteiger partial charge in [-0.05, 0) is 39.4 Å². The van der Waals surface area contributed by atoms with Gasteiger partial charge in [-0.3, -0.25) is 0 Å². The predicted octanol–water partition coefficient (Wildman–Crippen LogP) is 10.7. The Balaban J connectivity index is 1.37. The zero-order chi connectivity index (χ0) is 29.7. The zero-order valence-corrected chi connectivity index (χ0v) is 24.2. The third kappa shape index (κ3) is 4.19. The maximum Gasteiger partial charge on any atom is 0.164 e. The van der Waals surface area contributed by atoms with Gasteiger partial charge < -0.3 is 4.42 Å². The van der Waals surface area contributed by atoms with E-state index in [1.54, 1.807) is 0 Å². The van der Waals surface area contributed by atoms with E-state index in [9.17, 15) is 0 Å². The van der Waals surface area contributed by atoms with Gasteiger partial charge in [0.1, 0.15) is 11.2 Å². The van der Waals surface area contributed by atoms with Crippen LogP contribution in [-0.4, -0.2) is 15.0 Å². The average molecular weight is 576 g/mol. The fourth-order valence-corrected chi connectivity index (χ4v) is 6.45. The van der Waals surface area contributed by atoms with Crippen LogP contribution in [0.4, 0.5) is 0 Å². The molecule has 7 aromatic carbocycles. The Kier molecular flexibility index (Phi) is 5.78. The minimum Gasteiger partial charge on any atom is -0.455 e. The SMILES string of the molecule is c1ccc(-c2nc(-c3ccccc3)nc(-c3cc4c(oc5cccc(-c6cccc7ccccc67)c54)c4ccccc34)n2)cc1. The van der Waals surface area contributed by atoms with E-state index >= 15 is 0 Å². The lowest BCUT2D eigenvalue weighted by Gasteiger charge is -2.11. The standard InChI is InChI=1S/C41H25N3O/c1-3-14-27(15-4-1)39-42-40(28-16-5-2-6-17-28)44-41(43-39)34-25-35-37-32(30-22-11-18-26-13-7-8-19-29(26)30)23-12-24-36(37)45-38(35)33-21-10-9-20-31(33)34/h1-25H. The second kappa shape index (κ2) is 10.2. The minimum absolute atomic E-state index is 0.623. The summed E-state index contributed by atoms with van der Waals surface area (Å²) < 4.78 is 6.66. The van der Waals surface area contributed by atoms with Gasteiger partial charge in [-0.15, -0.1) is 0 Å². The van der Waals surface area contributed by atoms with Gasteiger partial charge >= 0.3 is 0 Å². The molecule has 0 aliphatic rings. The molecule has 0 bridgehead atoms. The molecule has 0 unspecified atom stereocenters. The van der Waals surface area contributed by atoms with E-state index in [1.165, 1.54) is 16.3 Å². The third-order valence-electron chi connectivity index (χ3n) is 8.52. The summed E-state index contributed by atoms with van der Waals surface area (Å²) in [6, 6.07) is 52.1. The molecular formula is C41H25N3O. The Morgan fingerprint density at radius 3 is 1.67 bits per heavy atom. The fourth-order valence-electron chi connectivity index (χ4n) is 6.45. The number of furan rings is 1. The molecule has 0 fully saturated rings. The molecule has 0 spiro atoms. The highest BCUT2D eigenvalue weighted by Gasteiger charge is 2.21. The Hall–Kier alpha value is -6.13. The van der Waals surface area contributed by atoms with E-state index in [2.05, 4.69) is 91.0 Å². The molecular weight excluding hydrogens is 550 g/mol. The fraction of sp³-hybridized carbons (Fsp3) is 0. The van der Waals surface area contributed by atoms with Crippen molar-refractivity contribution in [2.75, 3.05) is 0 Å². The Labute approximate surface area is 259 Å². The molecule has 4 heteroatoms. The van der Waals surface area contributed by atoms with Crippen LogP contribution in [0.5, 0.6) is 0 Å². The molecule has 0 saturated heterocycles. The van der Waals surface area contributed by atoms with Crippen LogP contribution < -0.4 is 0 Å². The molecule has 9 aromatic rings. The second-order valence-electron chi connectivity index (χ2n) is 11.2. The number of benzene rings is 7. The lowest BCUT2D eigenvalue weighted by molar-refractivity contribution is 0.673. The number of rotatable bonds is 4. The number of nitrogens with zero attached hydrogens (tertiary/aromatic N) is 3. The summed E-state index contributed by atoms with van der Waals surface area (Å²) in [6.07, 6.45) is 0. The molecule has 0 N–H and O–H groups in total. The quantitative estimate of drug-likeness (QED) is 0.209. The molecule has 210 valence electrons. The van der Waals surface area contributed by atoms with Gasteiger partial charge in [-0.25, -0.2) is 15.0 Å². The summed E-state index contributed by atoms with van der Waals surface area (Å²) >= 11 is 0. The normalized spacial score (nSPS) is 11.6. The third-order valence-corrected chi connectivity index (χ3v) is 8.52. The highest BCUT2D eigenvalue weighted by atomic mass is 16.3. The molecule has 9 rings (SSSR count). The Morgan fingerprint density at radius 2 is 0.933 bits per heavy atom. The van der Waals surface area contributed by atoms with Crippen LogP contribution in [0.2, 0.25) is 0 Å². The van der Waals surface area contributed by atoms with E-state index in [-0.39, 0.29) is 0 Å². The number of aromatic nitrogens is 3. The van der Waals surface area contributed by atoms with E-state index in [1.807, 2.05) is 60.7 Å². The number of hydrogen-bond acceptors (Lipinski definition) is 4. The topological polar surface area (TPSA) is 51.8 Å². The van der Waals surface area contributed by atoms with Crippen molar-refractivity contribution in [2.45, 2.75) is 0 Å². The Morgan fingerprint density at radius 1 is 0.378 bits per heavy atom.